The predicted octanol–water partition coefficient (Wildman–Crippen LogP) is 1.18. The van der Waals surface area contributed by atoms with E-state index >= 15 is 0 Å². The molecule has 1 saturated carbocycles. The number of carbonyl (C=O) groups is 3. The third kappa shape index (κ3) is 2.86. The van der Waals surface area contributed by atoms with Crippen molar-refractivity contribution in [3.05, 3.63) is 40.2 Å². The summed E-state index contributed by atoms with van der Waals surface area (Å²) < 4.78 is 0. The Labute approximate surface area is 181 Å². The molecule has 0 saturated heterocycles. The molecular weight excluding hydrogens is 424 g/mol. The molecule has 1 amide bonds. The summed E-state index contributed by atoms with van der Waals surface area (Å²) in [4.78, 5) is 37.8. The number of ketones is 2. The van der Waals surface area contributed by atoms with Crippen molar-refractivity contribution in [1.29, 1.82) is 0 Å². The zero-order chi connectivity index (χ0) is 22.8. The minimum absolute atomic E-state index is 0.0216. The van der Waals surface area contributed by atoms with Gasteiger partial charge in [-0.05, 0) is 43.4 Å². The van der Waals surface area contributed by atoms with Crippen molar-refractivity contribution in [2.24, 2.45) is 17.6 Å². The molecule has 1 aromatic carbocycles. The van der Waals surface area contributed by atoms with E-state index in [1.807, 2.05) is 0 Å². The van der Waals surface area contributed by atoms with E-state index in [4.69, 9.17) is 18.0 Å². The fraction of sp³-hybridized carbons (Fsp3) is 0.333. The predicted molar refractivity (Wildman–Crippen MR) is 113 cm³/mol. The van der Waals surface area contributed by atoms with Crippen LogP contribution in [0, 0.1) is 11.8 Å². The third-order valence-electron chi connectivity index (χ3n) is 6.26. The molecule has 2 unspecified atom stereocenters. The Morgan fingerprint density at radius 2 is 1.90 bits per heavy atom. The largest absolute Gasteiger partial charge is 0.508 e. The average Bonchev–Trinajstić information content (AvgIpc) is 2.66. The van der Waals surface area contributed by atoms with E-state index in [0.717, 1.165) is 0 Å². The number of nitrogens with two attached hydrogens (primary N) is 1. The average molecular weight is 444 g/mol. The molecule has 1 aromatic rings. The first-order valence-corrected chi connectivity index (χ1v) is 9.99. The molecule has 0 radical (unpaired) electrons. The van der Waals surface area contributed by atoms with Crippen LogP contribution in [0.15, 0.2) is 29.0 Å². The lowest BCUT2D eigenvalue weighted by Crippen LogP contribution is -2.58. The number of hydrogen-bond acceptors (Lipinski definition) is 8. The van der Waals surface area contributed by atoms with Crippen LogP contribution in [0.3, 0.4) is 0 Å². The van der Waals surface area contributed by atoms with Gasteiger partial charge in [-0.1, -0.05) is 12.2 Å². The van der Waals surface area contributed by atoms with E-state index in [9.17, 15) is 34.8 Å². The summed E-state index contributed by atoms with van der Waals surface area (Å²) in [6.07, 6.45) is -0.0610. The summed E-state index contributed by atoms with van der Waals surface area (Å²) in [5.41, 5.74) is 2.72. The van der Waals surface area contributed by atoms with Gasteiger partial charge in [0, 0.05) is 23.6 Å². The van der Waals surface area contributed by atoms with Crippen LogP contribution >= 0.6 is 12.2 Å². The van der Waals surface area contributed by atoms with E-state index in [-0.39, 0.29) is 36.1 Å². The fourth-order valence-electron chi connectivity index (χ4n) is 4.93. The summed E-state index contributed by atoms with van der Waals surface area (Å²) in [5.74, 6) is -6.51. The second-order valence-electron chi connectivity index (χ2n) is 8.07. The third-order valence-corrected chi connectivity index (χ3v) is 6.36. The van der Waals surface area contributed by atoms with E-state index in [1.165, 1.54) is 6.07 Å². The van der Waals surface area contributed by atoms with Gasteiger partial charge in [0.25, 0.3) is 5.91 Å². The number of primary amides is 1. The van der Waals surface area contributed by atoms with Crippen molar-refractivity contribution < 1.29 is 34.8 Å². The van der Waals surface area contributed by atoms with E-state index in [0.29, 0.717) is 16.2 Å². The first kappa shape index (κ1) is 21.0. The molecule has 7 N–H and O–H groups in total. The standard InChI is InChI=1S/C21H20N2O7S/c1-7(31)23-11-2-3-12(24)15-10(11)5-8-4-9-6-13(25)16(20(22)29)19(28)21(9,30)18(27)14(8)17(15)26/h2-3,8-9,24,26,28,30H,4-6H2,1H3,(H2,22,29)(H,23,31)/t8?,9?,21-/m0/s1. The number of aliphatic hydroxyl groups is 3. The Hall–Kier alpha value is -3.24. The number of rotatable bonds is 2. The molecule has 3 aliphatic carbocycles. The second kappa shape index (κ2) is 6.89. The van der Waals surface area contributed by atoms with E-state index < -0.39 is 52.0 Å². The first-order valence-electron chi connectivity index (χ1n) is 9.58. The van der Waals surface area contributed by atoms with Gasteiger partial charge in [-0.25, -0.2) is 0 Å². The number of phenolic OH excluding ortho intramolecular Hbond substituents is 1. The molecule has 4 rings (SSSR count). The topological polar surface area (TPSA) is 170 Å². The number of benzene rings is 1. The number of anilines is 1. The minimum atomic E-state index is -2.56. The molecule has 0 spiro atoms. The van der Waals surface area contributed by atoms with Crippen molar-refractivity contribution in [1.82, 2.24) is 0 Å². The molecule has 0 bridgehead atoms. The number of aromatic hydroxyl groups is 1. The summed E-state index contributed by atoms with van der Waals surface area (Å²) in [6, 6.07) is 2.93. The van der Waals surface area contributed by atoms with Gasteiger partial charge in [-0.15, -0.1) is 0 Å². The molecule has 10 heteroatoms. The van der Waals surface area contributed by atoms with Gasteiger partial charge in [-0.2, -0.15) is 0 Å². The number of nitrogens with one attached hydrogen (secondary N) is 1. The highest BCUT2D eigenvalue weighted by atomic mass is 32.1. The zero-order valence-corrected chi connectivity index (χ0v) is 17.2. The smallest absolute Gasteiger partial charge is 0.255 e. The van der Waals surface area contributed by atoms with Crippen LogP contribution in [0.2, 0.25) is 0 Å². The van der Waals surface area contributed by atoms with Crippen molar-refractivity contribution in [3.63, 3.8) is 0 Å². The Balaban J connectivity index is 1.92. The minimum Gasteiger partial charge on any atom is -0.508 e. The van der Waals surface area contributed by atoms with E-state index in [2.05, 4.69) is 5.32 Å². The van der Waals surface area contributed by atoms with Crippen LogP contribution in [0.4, 0.5) is 5.69 Å². The molecule has 9 nitrogen and oxygen atoms in total. The number of hydrogen-bond donors (Lipinski definition) is 6. The second-order valence-corrected chi connectivity index (χ2v) is 8.69. The molecule has 1 fully saturated rings. The highest BCUT2D eigenvalue weighted by molar-refractivity contribution is 7.80. The number of thiocarbonyl (C=S) groups is 1. The number of carbonyl (C=O) groups excluding carboxylic acids is 3. The van der Waals surface area contributed by atoms with Crippen molar-refractivity contribution >= 4 is 46.1 Å². The van der Waals surface area contributed by atoms with Crippen molar-refractivity contribution in [2.75, 3.05) is 5.32 Å². The zero-order valence-electron chi connectivity index (χ0n) is 16.4. The maximum Gasteiger partial charge on any atom is 0.255 e. The highest BCUT2D eigenvalue weighted by Gasteiger charge is 2.60. The molecule has 3 aliphatic rings. The number of fused-ring (bicyclic) bond motifs is 3. The van der Waals surface area contributed by atoms with Crippen molar-refractivity contribution in [2.45, 2.75) is 31.8 Å². The molecular formula is C21H20N2O7S. The molecule has 0 heterocycles. The quantitative estimate of drug-likeness (QED) is 0.223. The molecule has 0 aliphatic heterocycles. The maximum absolute atomic E-state index is 13.4. The lowest BCUT2D eigenvalue weighted by Gasteiger charge is -2.46. The fourth-order valence-corrected chi connectivity index (χ4v) is 5.04. The van der Waals surface area contributed by atoms with Crippen LogP contribution < -0.4 is 11.1 Å². The molecule has 162 valence electrons. The van der Waals surface area contributed by atoms with Gasteiger partial charge in [0.1, 0.15) is 22.8 Å². The molecule has 31 heavy (non-hydrogen) atoms. The Morgan fingerprint density at radius 1 is 1.23 bits per heavy atom. The first-order chi connectivity index (χ1) is 14.5. The molecule has 3 atom stereocenters. The van der Waals surface area contributed by atoms with Gasteiger partial charge < -0.3 is 31.5 Å². The number of amides is 1. The lowest BCUT2D eigenvalue weighted by molar-refractivity contribution is -0.147. The Morgan fingerprint density at radius 3 is 2.52 bits per heavy atom. The van der Waals surface area contributed by atoms with E-state index in [1.54, 1.807) is 13.0 Å². The summed E-state index contributed by atoms with van der Waals surface area (Å²) >= 11 is 5.08. The van der Waals surface area contributed by atoms with Gasteiger partial charge in [0.2, 0.25) is 5.78 Å². The number of phenols is 1. The SMILES string of the molecule is CC(=S)Nc1ccc(O)c2c1CC1CC3CC(=O)C(C(N)=O)=C(O)[C@@]3(O)C(=O)C1=C2O. The maximum atomic E-state index is 13.4. The van der Waals surface area contributed by atoms with Gasteiger partial charge in [0.05, 0.1) is 10.6 Å². The number of Topliss-reactive ketones (excluding diaryl/α,β-unsaturated/α-hetero) is 2. The summed E-state index contributed by atoms with van der Waals surface area (Å²) in [7, 11) is 0. The Kier molecular flexibility index (Phi) is 4.67. The van der Waals surface area contributed by atoms with Crippen LogP contribution in [-0.4, -0.2) is 48.5 Å². The monoisotopic (exact) mass is 444 g/mol. The van der Waals surface area contributed by atoms with Crippen LogP contribution in [0.25, 0.3) is 5.76 Å². The van der Waals surface area contributed by atoms with Crippen LogP contribution in [-0.2, 0) is 20.8 Å². The molecule has 0 aromatic heterocycles. The lowest BCUT2D eigenvalue weighted by atomic mass is 9.59. The van der Waals surface area contributed by atoms with Crippen LogP contribution in [0.5, 0.6) is 5.75 Å². The van der Waals surface area contributed by atoms with Gasteiger partial charge >= 0.3 is 0 Å². The Bertz CT molecular complexity index is 1150. The van der Waals surface area contributed by atoms with Crippen molar-refractivity contribution in [3.8, 4) is 5.75 Å². The van der Waals surface area contributed by atoms with Crippen LogP contribution in [0.1, 0.15) is 30.9 Å². The summed E-state index contributed by atoms with van der Waals surface area (Å²) in [5, 5.41) is 46.0. The normalized spacial score (nSPS) is 27.4. The van der Waals surface area contributed by atoms with Gasteiger partial charge in [-0.3, -0.25) is 14.4 Å². The number of aliphatic hydroxyl groups excluding tert-OH is 2. The van der Waals surface area contributed by atoms with Gasteiger partial charge in [0.15, 0.2) is 11.4 Å². The summed E-state index contributed by atoms with van der Waals surface area (Å²) in [6.45, 7) is 1.67. The highest BCUT2D eigenvalue weighted by Crippen LogP contribution is 2.52.